The first-order valence-electron chi connectivity index (χ1n) is 10.1. The third kappa shape index (κ3) is 4.05. The number of fused-ring (bicyclic) bond motifs is 1. The molecular weight excluding hydrogens is 394 g/mol. The van der Waals surface area contributed by atoms with E-state index in [2.05, 4.69) is 20.4 Å². The Balaban J connectivity index is 1.78. The third-order valence-electron chi connectivity index (χ3n) is 4.84. The number of aryl methyl sites for hydroxylation is 2. The molecule has 0 unspecified atom stereocenters. The molecule has 4 aromatic rings. The number of aromatic amines is 1. The molecule has 0 aliphatic carbocycles. The Bertz CT molecular complexity index is 1320. The SMILES string of the molecule is CCOc1ccc2ccccc2c1C(=O)Nc1cc(C)nn1-c1nc(CC)cc(=O)[nH]1. The fourth-order valence-electron chi connectivity index (χ4n) is 3.47. The maximum Gasteiger partial charge on any atom is 0.261 e. The van der Waals surface area contributed by atoms with Crippen LogP contribution in [0, 0.1) is 6.92 Å². The molecule has 0 saturated heterocycles. The number of nitrogens with zero attached hydrogens (tertiary/aromatic N) is 3. The fourth-order valence-corrected chi connectivity index (χ4v) is 3.47. The molecular formula is C23H23N5O3. The average molecular weight is 417 g/mol. The maximum atomic E-state index is 13.4. The highest BCUT2D eigenvalue weighted by Crippen LogP contribution is 2.29. The molecule has 8 nitrogen and oxygen atoms in total. The number of anilines is 1. The normalized spacial score (nSPS) is 10.9. The van der Waals surface area contributed by atoms with E-state index in [1.54, 1.807) is 19.1 Å². The molecule has 0 aliphatic rings. The second-order valence-electron chi connectivity index (χ2n) is 7.04. The van der Waals surface area contributed by atoms with Crippen molar-refractivity contribution in [2.24, 2.45) is 0 Å². The lowest BCUT2D eigenvalue weighted by atomic mass is 10.0. The van der Waals surface area contributed by atoms with Crippen LogP contribution in [0.1, 0.15) is 35.6 Å². The van der Waals surface area contributed by atoms with E-state index >= 15 is 0 Å². The molecule has 31 heavy (non-hydrogen) atoms. The molecule has 0 radical (unpaired) electrons. The number of rotatable bonds is 6. The summed E-state index contributed by atoms with van der Waals surface area (Å²) >= 11 is 0. The summed E-state index contributed by atoms with van der Waals surface area (Å²) in [5, 5.41) is 9.04. The largest absolute Gasteiger partial charge is 0.493 e. The van der Waals surface area contributed by atoms with Crippen molar-refractivity contribution in [3.63, 3.8) is 0 Å². The van der Waals surface area contributed by atoms with Crippen molar-refractivity contribution in [1.82, 2.24) is 19.7 Å². The van der Waals surface area contributed by atoms with Crippen molar-refractivity contribution in [3.05, 3.63) is 75.8 Å². The summed E-state index contributed by atoms with van der Waals surface area (Å²) in [6.45, 7) is 6.03. The molecule has 4 rings (SSSR count). The number of ether oxygens (including phenoxy) is 1. The van der Waals surface area contributed by atoms with Gasteiger partial charge in [0.25, 0.3) is 11.5 Å². The van der Waals surface area contributed by atoms with Crippen LogP contribution in [0.3, 0.4) is 0 Å². The zero-order valence-corrected chi connectivity index (χ0v) is 17.6. The van der Waals surface area contributed by atoms with Gasteiger partial charge in [0.05, 0.1) is 17.9 Å². The summed E-state index contributed by atoms with van der Waals surface area (Å²) in [5.41, 5.74) is 1.47. The Morgan fingerprint density at radius 2 is 1.97 bits per heavy atom. The van der Waals surface area contributed by atoms with Crippen LogP contribution in [0.2, 0.25) is 0 Å². The van der Waals surface area contributed by atoms with Crippen molar-refractivity contribution >= 4 is 22.5 Å². The first kappa shape index (κ1) is 20.3. The topological polar surface area (TPSA) is 102 Å². The van der Waals surface area contributed by atoms with E-state index in [4.69, 9.17) is 4.74 Å². The quantitative estimate of drug-likeness (QED) is 0.499. The second-order valence-corrected chi connectivity index (χ2v) is 7.04. The minimum Gasteiger partial charge on any atom is -0.493 e. The van der Waals surface area contributed by atoms with Crippen LogP contribution in [0.25, 0.3) is 16.7 Å². The van der Waals surface area contributed by atoms with E-state index in [0.29, 0.717) is 41.5 Å². The van der Waals surface area contributed by atoms with Gasteiger partial charge in [-0.25, -0.2) is 4.98 Å². The van der Waals surface area contributed by atoms with Crippen LogP contribution in [-0.4, -0.2) is 32.3 Å². The average Bonchev–Trinajstić information content (AvgIpc) is 3.13. The highest BCUT2D eigenvalue weighted by atomic mass is 16.5. The molecule has 0 saturated carbocycles. The first-order chi connectivity index (χ1) is 15.0. The molecule has 1 amide bonds. The zero-order chi connectivity index (χ0) is 22.0. The first-order valence-corrected chi connectivity index (χ1v) is 10.1. The number of nitrogens with one attached hydrogen (secondary N) is 2. The molecule has 0 spiro atoms. The summed E-state index contributed by atoms with van der Waals surface area (Å²) in [6, 6.07) is 14.5. The van der Waals surface area contributed by atoms with Crippen molar-refractivity contribution in [3.8, 4) is 11.7 Å². The monoisotopic (exact) mass is 417 g/mol. The lowest BCUT2D eigenvalue weighted by Crippen LogP contribution is -2.20. The molecule has 0 fully saturated rings. The summed E-state index contributed by atoms with van der Waals surface area (Å²) in [4.78, 5) is 32.5. The van der Waals surface area contributed by atoms with Crippen molar-refractivity contribution in [2.45, 2.75) is 27.2 Å². The van der Waals surface area contributed by atoms with Crippen molar-refractivity contribution in [2.75, 3.05) is 11.9 Å². The van der Waals surface area contributed by atoms with E-state index in [0.717, 1.165) is 10.8 Å². The smallest absolute Gasteiger partial charge is 0.261 e. The number of H-pyrrole nitrogens is 1. The van der Waals surface area contributed by atoms with Gasteiger partial charge in [-0.05, 0) is 37.1 Å². The number of amides is 1. The Morgan fingerprint density at radius 1 is 1.16 bits per heavy atom. The highest BCUT2D eigenvalue weighted by Gasteiger charge is 2.20. The number of hydrogen-bond donors (Lipinski definition) is 2. The molecule has 2 heterocycles. The minimum absolute atomic E-state index is 0.246. The summed E-state index contributed by atoms with van der Waals surface area (Å²) in [7, 11) is 0. The van der Waals surface area contributed by atoms with Crippen LogP contribution in [-0.2, 0) is 6.42 Å². The third-order valence-corrected chi connectivity index (χ3v) is 4.84. The molecule has 2 aromatic carbocycles. The van der Waals surface area contributed by atoms with Gasteiger partial charge in [-0.3, -0.25) is 14.6 Å². The molecule has 0 bridgehead atoms. The minimum atomic E-state index is -0.338. The lowest BCUT2D eigenvalue weighted by Gasteiger charge is -2.14. The summed E-state index contributed by atoms with van der Waals surface area (Å²) in [6.07, 6.45) is 0.604. The Kier molecular flexibility index (Phi) is 5.53. The van der Waals surface area contributed by atoms with E-state index in [1.165, 1.54) is 10.7 Å². The van der Waals surface area contributed by atoms with Crippen molar-refractivity contribution in [1.29, 1.82) is 0 Å². The van der Waals surface area contributed by atoms with Gasteiger partial charge in [0.1, 0.15) is 11.6 Å². The van der Waals surface area contributed by atoms with E-state index in [9.17, 15) is 9.59 Å². The molecule has 2 aromatic heterocycles. The van der Waals surface area contributed by atoms with Gasteiger partial charge < -0.3 is 10.1 Å². The number of benzene rings is 2. The molecule has 0 atom stereocenters. The van der Waals surface area contributed by atoms with E-state index < -0.39 is 0 Å². The lowest BCUT2D eigenvalue weighted by molar-refractivity contribution is 0.102. The van der Waals surface area contributed by atoms with Crippen LogP contribution < -0.4 is 15.6 Å². The van der Waals surface area contributed by atoms with Crippen LogP contribution in [0.15, 0.2) is 53.3 Å². The molecule has 8 heteroatoms. The van der Waals surface area contributed by atoms with Gasteiger partial charge in [-0.2, -0.15) is 9.78 Å². The number of hydrogen-bond acceptors (Lipinski definition) is 5. The number of aromatic nitrogens is 4. The maximum absolute atomic E-state index is 13.4. The van der Waals surface area contributed by atoms with Crippen LogP contribution in [0.5, 0.6) is 5.75 Å². The molecule has 158 valence electrons. The van der Waals surface area contributed by atoms with Gasteiger partial charge in [0.2, 0.25) is 5.95 Å². The van der Waals surface area contributed by atoms with Gasteiger partial charge >= 0.3 is 0 Å². The van der Waals surface area contributed by atoms with Crippen molar-refractivity contribution < 1.29 is 9.53 Å². The Hall–Kier alpha value is -3.94. The van der Waals surface area contributed by atoms with Gasteiger partial charge in [0.15, 0.2) is 0 Å². The van der Waals surface area contributed by atoms with Gasteiger partial charge in [0, 0.05) is 17.8 Å². The van der Waals surface area contributed by atoms with Crippen LogP contribution in [0.4, 0.5) is 5.82 Å². The zero-order valence-electron chi connectivity index (χ0n) is 17.6. The molecule has 2 N–H and O–H groups in total. The van der Waals surface area contributed by atoms with Gasteiger partial charge in [-0.15, -0.1) is 0 Å². The predicted molar refractivity (Wildman–Crippen MR) is 119 cm³/mol. The Labute approximate surface area is 178 Å². The molecule has 0 aliphatic heterocycles. The summed E-state index contributed by atoms with van der Waals surface area (Å²) < 4.78 is 7.16. The number of carbonyl (C=O) groups is 1. The Morgan fingerprint density at radius 3 is 2.74 bits per heavy atom. The summed E-state index contributed by atoms with van der Waals surface area (Å²) in [5.74, 6) is 0.807. The van der Waals surface area contributed by atoms with Gasteiger partial charge in [-0.1, -0.05) is 37.3 Å². The van der Waals surface area contributed by atoms with E-state index in [-0.39, 0.29) is 17.4 Å². The predicted octanol–water partition coefficient (Wildman–Crippen LogP) is 3.63. The second kappa shape index (κ2) is 8.43. The standard InChI is InChI=1S/C23H23N5O3/c1-4-16-13-20(29)26-23(24-16)28-19(12-14(3)27-28)25-22(30)21-17-9-7-6-8-15(17)10-11-18(21)31-5-2/h6-13H,4-5H2,1-3H3,(H,25,30)(H,24,26,29). The highest BCUT2D eigenvalue weighted by molar-refractivity contribution is 6.14. The fraction of sp³-hybridized carbons (Fsp3) is 0.217. The number of carbonyl (C=O) groups excluding carboxylic acids is 1. The van der Waals surface area contributed by atoms with E-state index in [1.807, 2.05) is 44.2 Å². The van der Waals surface area contributed by atoms with Crippen LogP contribution >= 0.6 is 0 Å².